The lowest BCUT2D eigenvalue weighted by Gasteiger charge is -2.07. The summed E-state index contributed by atoms with van der Waals surface area (Å²) in [5.74, 6) is 0.776. The van der Waals surface area contributed by atoms with Gasteiger partial charge in [0.25, 0.3) is 0 Å². The van der Waals surface area contributed by atoms with Crippen molar-refractivity contribution in [2.45, 2.75) is 19.6 Å². The minimum atomic E-state index is -0.653. The average Bonchev–Trinajstić information content (AvgIpc) is 2.39. The quantitative estimate of drug-likeness (QED) is 0.811. The molecule has 0 radical (unpaired) electrons. The molecule has 0 unspecified atom stereocenters. The maximum Gasteiger partial charge on any atom is 0.426 e. The Labute approximate surface area is 117 Å². The first kappa shape index (κ1) is 15.4. The molecule has 0 aliphatic carbocycles. The van der Waals surface area contributed by atoms with E-state index >= 15 is 0 Å². The normalized spacial score (nSPS) is 9.79. The Hall–Kier alpha value is -1.69. The van der Waals surface area contributed by atoms with Gasteiger partial charge in [-0.25, -0.2) is 10.2 Å². The highest BCUT2D eigenvalue weighted by Gasteiger charge is 2.04. The second kappa shape index (κ2) is 8.42. The van der Waals surface area contributed by atoms with E-state index in [1.54, 1.807) is 6.92 Å². The summed E-state index contributed by atoms with van der Waals surface area (Å²) in [5, 5.41) is 0. The van der Waals surface area contributed by atoms with Crippen LogP contribution in [0.3, 0.4) is 0 Å². The number of amides is 2. The van der Waals surface area contributed by atoms with Crippen molar-refractivity contribution in [2.24, 2.45) is 0 Å². The fourth-order valence-corrected chi connectivity index (χ4v) is 2.06. The van der Waals surface area contributed by atoms with Gasteiger partial charge in [-0.1, -0.05) is 29.8 Å². The molecule has 0 spiro atoms. The zero-order valence-corrected chi connectivity index (χ0v) is 11.9. The number of hydrogen-bond acceptors (Lipinski definition) is 4. The van der Waals surface area contributed by atoms with Crippen molar-refractivity contribution in [2.75, 3.05) is 12.4 Å². The molecule has 6 heteroatoms. The van der Waals surface area contributed by atoms with Gasteiger partial charge in [-0.15, -0.1) is 11.8 Å². The zero-order chi connectivity index (χ0) is 14.1. The number of ether oxygens (including phenoxy) is 1. The molecule has 0 aliphatic heterocycles. The van der Waals surface area contributed by atoms with Crippen molar-refractivity contribution in [3.8, 4) is 0 Å². The minimum Gasteiger partial charge on any atom is -0.449 e. The third-order valence-electron chi connectivity index (χ3n) is 2.20. The molecule has 0 saturated heterocycles. The molecule has 5 nitrogen and oxygen atoms in total. The molecular formula is C13H18N2O3S. The van der Waals surface area contributed by atoms with E-state index in [1.165, 1.54) is 22.9 Å². The van der Waals surface area contributed by atoms with Crippen LogP contribution in [-0.2, 0) is 15.3 Å². The molecule has 0 fully saturated rings. The topological polar surface area (TPSA) is 67.4 Å². The minimum absolute atomic E-state index is 0.259. The first-order valence-electron chi connectivity index (χ1n) is 5.96. The number of rotatable bonds is 5. The van der Waals surface area contributed by atoms with Gasteiger partial charge in [0.1, 0.15) is 0 Å². The van der Waals surface area contributed by atoms with Crippen molar-refractivity contribution in [3.05, 3.63) is 35.4 Å². The molecule has 104 valence electrons. The fourth-order valence-electron chi connectivity index (χ4n) is 1.27. The number of benzene rings is 1. The van der Waals surface area contributed by atoms with Crippen LogP contribution in [0.25, 0.3) is 0 Å². The number of hydrazine groups is 1. The molecule has 1 rings (SSSR count). The molecular weight excluding hydrogens is 264 g/mol. The molecule has 2 N–H and O–H groups in total. The van der Waals surface area contributed by atoms with E-state index < -0.39 is 6.09 Å². The Kier molecular flexibility index (Phi) is 6.81. The predicted molar refractivity (Wildman–Crippen MR) is 75.6 cm³/mol. The monoisotopic (exact) mass is 282 g/mol. The van der Waals surface area contributed by atoms with E-state index in [0.717, 1.165) is 5.75 Å². The van der Waals surface area contributed by atoms with Crippen LogP contribution < -0.4 is 10.9 Å². The molecule has 0 aliphatic rings. The number of carbonyl (C=O) groups excluding carboxylic acids is 2. The van der Waals surface area contributed by atoms with E-state index in [2.05, 4.69) is 15.6 Å². The summed E-state index contributed by atoms with van der Waals surface area (Å²) in [6.07, 6.45) is -0.653. The summed E-state index contributed by atoms with van der Waals surface area (Å²) in [5.41, 5.74) is 6.83. The zero-order valence-electron chi connectivity index (χ0n) is 11.1. The summed E-state index contributed by atoms with van der Waals surface area (Å²) < 4.78 is 4.61. The van der Waals surface area contributed by atoms with Crippen LogP contribution in [0.4, 0.5) is 4.79 Å². The number of aryl methyl sites for hydroxylation is 1. The number of nitrogens with one attached hydrogen (secondary N) is 2. The van der Waals surface area contributed by atoms with E-state index in [-0.39, 0.29) is 18.3 Å². The van der Waals surface area contributed by atoms with Crippen molar-refractivity contribution >= 4 is 23.8 Å². The van der Waals surface area contributed by atoms with Gasteiger partial charge in [-0.05, 0) is 19.4 Å². The Balaban J connectivity index is 2.16. The SMILES string of the molecule is CCOC(=O)NNC(=O)CSCc1ccc(C)cc1. The molecule has 0 atom stereocenters. The average molecular weight is 282 g/mol. The summed E-state index contributed by atoms with van der Waals surface area (Å²) in [4.78, 5) is 22.3. The number of thioether (sulfide) groups is 1. The smallest absolute Gasteiger partial charge is 0.426 e. The van der Waals surface area contributed by atoms with Gasteiger partial charge in [-0.3, -0.25) is 10.2 Å². The van der Waals surface area contributed by atoms with Gasteiger partial charge in [-0.2, -0.15) is 0 Å². The summed E-state index contributed by atoms with van der Waals surface area (Å²) >= 11 is 1.48. The Morgan fingerprint density at radius 2 is 1.89 bits per heavy atom. The van der Waals surface area contributed by atoms with Crippen LogP contribution in [0.5, 0.6) is 0 Å². The van der Waals surface area contributed by atoms with Crippen LogP contribution in [-0.4, -0.2) is 24.4 Å². The molecule has 0 bridgehead atoms. The molecule has 0 saturated carbocycles. The predicted octanol–water partition coefficient (Wildman–Crippen LogP) is 2.01. The highest BCUT2D eigenvalue weighted by Crippen LogP contribution is 2.12. The van der Waals surface area contributed by atoms with Crippen LogP contribution >= 0.6 is 11.8 Å². The lowest BCUT2D eigenvalue weighted by Crippen LogP contribution is -2.42. The molecule has 19 heavy (non-hydrogen) atoms. The van der Waals surface area contributed by atoms with E-state index in [1.807, 2.05) is 31.2 Å². The maximum atomic E-state index is 11.4. The largest absolute Gasteiger partial charge is 0.449 e. The molecule has 2 amide bonds. The molecule has 0 aromatic heterocycles. The third-order valence-corrected chi connectivity index (χ3v) is 3.21. The molecule has 1 aromatic carbocycles. The van der Waals surface area contributed by atoms with Gasteiger partial charge in [0.05, 0.1) is 12.4 Å². The van der Waals surface area contributed by atoms with Crippen LogP contribution in [0.1, 0.15) is 18.1 Å². The van der Waals surface area contributed by atoms with Crippen LogP contribution in [0, 0.1) is 6.92 Å². The van der Waals surface area contributed by atoms with Gasteiger partial charge < -0.3 is 4.74 Å². The lowest BCUT2D eigenvalue weighted by atomic mass is 10.2. The first-order valence-corrected chi connectivity index (χ1v) is 7.12. The second-order valence-electron chi connectivity index (χ2n) is 3.87. The number of hydrogen-bond donors (Lipinski definition) is 2. The van der Waals surface area contributed by atoms with Crippen molar-refractivity contribution in [3.63, 3.8) is 0 Å². The van der Waals surface area contributed by atoms with E-state index in [9.17, 15) is 9.59 Å². The first-order chi connectivity index (χ1) is 9.11. The van der Waals surface area contributed by atoms with Gasteiger partial charge in [0, 0.05) is 5.75 Å². The highest BCUT2D eigenvalue weighted by molar-refractivity contribution is 7.99. The van der Waals surface area contributed by atoms with E-state index in [0.29, 0.717) is 0 Å². The Bertz CT molecular complexity index is 420. The van der Waals surface area contributed by atoms with Crippen molar-refractivity contribution in [1.29, 1.82) is 0 Å². The molecule has 0 heterocycles. The molecule has 1 aromatic rings. The van der Waals surface area contributed by atoms with Gasteiger partial charge >= 0.3 is 6.09 Å². The van der Waals surface area contributed by atoms with E-state index in [4.69, 9.17) is 0 Å². The van der Waals surface area contributed by atoms with Crippen LogP contribution in [0.2, 0.25) is 0 Å². The number of carbonyl (C=O) groups is 2. The van der Waals surface area contributed by atoms with Crippen molar-refractivity contribution in [1.82, 2.24) is 10.9 Å². The standard InChI is InChI=1S/C13H18N2O3S/c1-3-18-13(17)15-14-12(16)9-19-8-11-6-4-10(2)5-7-11/h4-7H,3,8-9H2,1-2H3,(H,14,16)(H,15,17). The maximum absolute atomic E-state index is 11.4. The summed E-state index contributed by atoms with van der Waals surface area (Å²) in [7, 11) is 0. The Morgan fingerprint density at radius 3 is 2.53 bits per heavy atom. The fraction of sp³-hybridized carbons (Fsp3) is 0.385. The van der Waals surface area contributed by atoms with Gasteiger partial charge in [0.15, 0.2) is 0 Å². The third kappa shape index (κ3) is 6.71. The summed E-state index contributed by atoms with van der Waals surface area (Å²) in [6.45, 7) is 3.99. The lowest BCUT2D eigenvalue weighted by molar-refractivity contribution is -0.119. The summed E-state index contributed by atoms with van der Waals surface area (Å²) in [6, 6.07) is 8.16. The van der Waals surface area contributed by atoms with Gasteiger partial charge in [0.2, 0.25) is 5.91 Å². The van der Waals surface area contributed by atoms with Crippen LogP contribution in [0.15, 0.2) is 24.3 Å². The Morgan fingerprint density at radius 1 is 1.21 bits per heavy atom. The van der Waals surface area contributed by atoms with Crippen molar-refractivity contribution < 1.29 is 14.3 Å². The second-order valence-corrected chi connectivity index (χ2v) is 4.86. The highest BCUT2D eigenvalue weighted by atomic mass is 32.2.